The lowest BCUT2D eigenvalue weighted by molar-refractivity contribution is 0.259. The molecule has 0 radical (unpaired) electrons. The second-order valence-electron chi connectivity index (χ2n) is 4.32. The summed E-state index contributed by atoms with van der Waals surface area (Å²) >= 11 is 0. The molecule has 0 aromatic carbocycles. The first kappa shape index (κ1) is 11.5. The van der Waals surface area contributed by atoms with E-state index in [2.05, 4.69) is 30.8 Å². The SMILES string of the molecule is CCC(C)N(C)CCN=C(N)C1CC1. The third kappa shape index (κ3) is 3.66. The van der Waals surface area contributed by atoms with Crippen molar-refractivity contribution in [2.24, 2.45) is 16.6 Å². The van der Waals surface area contributed by atoms with E-state index >= 15 is 0 Å². The van der Waals surface area contributed by atoms with Gasteiger partial charge in [0.1, 0.15) is 0 Å². The van der Waals surface area contributed by atoms with Gasteiger partial charge in [-0.05, 0) is 33.2 Å². The van der Waals surface area contributed by atoms with Gasteiger partial charge in [0.15, 0.2) is 0 Å². The molecule has 1 aliphatic carbocycles. The number of nitrogens with two attached hydrogens (primary N) is 1. The second kappa shape index (κ2) is 5.35. The Morgan fingerprint density at radius 3 is 2.71 bits per heavy atom. The van der Waals surface area contributed by atoms with Crippen molar-refractivity contribution < 1.29 is 0 Å². The van der Waals surface area contributed by atoms with Crippen LogP contribution in [0.1, 0.15) is 33.1 Å². The van der Waals surface area contributed by atoms with Crippen LogP contribution in [0, 0.1) is 5.92 Å². The summed E-state index contributed by atoms with van der Waals surface area (Å²) in [5, 5.41) is 0. The molecule has 1 saturated carbocycles. The zero-order valence-electron chi connectivity index (χ0n) is 9.66. The zero-order chi connectivity index (χ0) is 10.6. The molecule has 0 bridgehead atoms. The first-order valence-electron chi connectivity index (χ1n) is 5.65. The number of rotatable bonds is 6. The van der Waals surface area contributed by atoms with E-state index < -0.39 is 0 Å². The van der Waals surface area contributed by atoms with Gasteiger partial charge < -0.3 is 10.6 Å². The highest BCUT2D eigenvalue weighted by Gasteiger charge is 2.25. The van der Waals surface area contributed by atoms with Crippen LogP contribution in [0.5, 0.6) is 0 Å². The van der Waals surface area contributed by atoms with E-state index in [0.717, 1.165) is 18.9 Å². The largest absolute Gasteiger partial charge is 0.387 e. The van der Waals surface area contributed by atoms with Crippen LogP contribution in [0.3, 0.4) is 0 Å². The van der Waals surface area contributed by atoms with Crippen molar-refractivity contribution in [3.63, 3.8) is 0 Å². The smallest absolute Gasteiger partial charge is 0.0968 e. The van der Waals surface area contributed by atoms with Crippen molar-refractivity contribution in [1.29, 1.82) is 0 Å². The maximum atomic E-state index is 5.81. The maximum absolute atomic E-state index is 5.81. The minimum absolute atomic E-state index is 0.615. The molecule has 0 aliphatic heterocycles. The first-order chi connectivity index (χ1) is 6.65. The molecule has 0 heterocycles. The molecule has 3 heteroatoms. The Labute approximate surface area is 87.4 Å². The van der Waals surface area contributed by atoms with Gasteiger partial charge in [0, 0.05) is 18.5 Å². The summed E-state index contributed by atoms with van der Waals surface area (Å²) in [7, 11) is 2.15. The molecule has 0 aromatic heterocycles. The van der Waals surface area contributed by atoms with E-state index in [-0.39, 0.29) is 0 Å². The summed E-state index contributed by atoms with van der Waals surface area (Å²) in [4.78, 5) is 6.73. The third-order valence-electron chi connectivity index (χ3n) is 3.09. The Morgan fingerprint density at radius 1 is 1.57 bits per heavy atom. The van der Waals surface area contributed by atoms with Crippen LogP contribution in [0.2, 0.25) is 0 Å². The van der Waals surface area contributed by atoms with E-state index in [0.29, 0.717) is 12.0 Å². The summed E-state index contributed by atoms with van der Waals surface area (Å²) in [6.45, 7) is 6.32. The molecule has 1 unspecified atom stereocenters. The fourth-order valence-corrected chi connectivity index (χ4v) is 1.38. The van der Waals surface area contributed by atoms with Crippen molar-refractivity contribution in [3.05, 3.63) is 0 Å². The molecule has 0 aromatic rings. The zero-order valence-corrected chi connectivity index (χ0v) is 9.66. The molecule has 1 fully saturated rings. The molecule has 82 valence electrons. The van der Waals surface area contributed by atoms with Gasteiger partial charge in [0.25, 0.3) is 0 Å². The Kier molecular flexibility index (Phi) is 4.39. The van der Waals surface area contributed by atoms with E-state index in [1.54, 1.807) is 0 Å². The Hall–Kier alpha value is -0.570. The van der Waals surface area contributed by atoms with Gasteiger partial charge in [-0.25, -0.2) is 0 Å². The van der Waals surface area contributed by atoms with Gasteiger partial charge in [0.05, 0.1) is 12.4 Å². The first-order valence-corrected chi connectivity index (χ1v) is 5.65. The van der Waals surface area contributed by atoms with Crippen LogP contribution in [0.25, 0.3) is 0 Å². The quantitative estimate of drug-likeness (QED) is 0.517. The lowest BCUT2D eigenvalue weighted by atomic mass is 10.2. The van der Waals surface area contributed by atoms with Crippen LogP contribution < -0.4 is 5.73 Å². The van der Waals surface area contributed by atoms with Gasteiger partial charge in [-0.2, -0.15) is 0 Å². The number of likely N-dealkylation sites (N-methyl/N-ethyl adjacent to an activating group) is 1. The number of amidine groups is 1. The number of aliphatic imine (C=N–C) groups is 1. The van der Waals surface area contributed by atoms with Crippen LogP contribution in [0.15, 0.2) is 4.99 Å². The van der Waals surface area contributed by atoms with Crippen molar-refractivity contribution in [2.75, 3.05) is 20.1 Å². The maximum Gasteiger partial charge on any atom is 0.0968 e. The highest BCUT2D eigenvalue weighted by Crippen LogP contribution is 2.28. The molecule has 0 saturated heterocycles. The number of nitrogens with zero attached hydrogens (tertiary/aromatic N) is 2. The predicted molar refractivity (Wildman–Crippen MR) is 61.6 cm³/mol. The van der Waals surface area contributed by atoms with Crippen LogP contribution >= 0.6 is 0 Å². The monoisotopic (exact) mass is 197 g/mol. The van der Waals surface area contributed by atoms with E-state index in [1.807, 2.05) is 0 Å². The van der Waals surface area contributed by atoms with Crippen LogP contribution in [0.4, 0.5) is 0 Å². The van der Waals surface area contributed by atoms with Crippen molar-refractivity contribution in [3.8, 4) is 0 Å². The second-order valence-corrected chi connectivity index (χ2v) is 4.32. The molecule has 1 atom stereocenters. The fraction of sp³-hybridized carbons (Fsp3) is 0.909. The Bertz CT molecular complexity index is 197. The minimum Gasteiger partial charge on any atom is -0.387 e. The van der Waals surface area contributed by atoms with E-state index in [4.69, 9.17) is 5.73 Å². The summed E-state index contributed by atoms with van der Waals surface area (Å²) in [5.41, 5.74) is 5.81. The van der Waals surface area contributed by atoms with Crippen LogP contribution in [-0.4, -0.2) is 36.9 Å². The third-order valence-corrected chi connectivity index (χ3v) is 3.09. The lowest BCUT2D eigenvalue weighted by Crippen LogP contribution is -2.31. The normalized spacial score (nSPS) is 20.1. The van der Waals surface area contributed by atoms with Crippen molar-refractivity contribution in [2.45, 2.75) is 39.2 Å². The molecule has 1 aliphatic rings. The average Bonchev–Trinajstić information content (AvgIpc) is 2.99. The predicted octanol–water partition coefficient (Wildman–Crippen LogP) is 1.48. The molecule has 2 N–H and O–H groups in total. The van der Waals surface area contributed by atoms with Crippen LogP contribution in [-0.2, 0) is 0 Å². The molecule has 0 spiro atoms. The minimum atomic E-state index is 0.615. The lowest BCUT2D eigenvalue weighted by Gasteiger charge is -2.22. The Morgan fingerprint density at radius 2 is 2.21 bits per heavy atom. The Balaban J connectivity index is 2.16. The number of hydrogen-bond acceptors (Lipinski definition) is 2. The molecule has 1 rings (SSSR count). The molecule has 14 heavy (non-hydrogen) atoms. The van der Waals surface area contributed by atoms with Gasteiger partial charge in [-0.15, -0.1) is 0 Å². The highest BCUT2D eigenvalue weighted by atomic mass is 15.1. The molecular formula is C11H23N3. The standard InChI is InChI=1S/C11H23N3/c1-4-9(2)14(3)8-7-13-11(12)10-5-6-10/h9-10H,4-8H2,1-3H3,(H2,12,13). The van der Waals surface area contributed by atoms with Gasteiger partial charge in [-0.1, -0.05) is 6.92 Å². The topological polar surface area (TPSA) is 41.6 Å². The molecular weight excluding hydrogens is 174 g/mol. The molecule has 0 amide bonds. The van der Waals surface area contributed by atoms with Gasteiger partial charge >= 0.3 is 0 Å². The summed E-state index contributed by atoms with van der Waals surface area (Å²) in [5.74, 6) is 1.49. The highest BCUT2D eigenvalue weighted by molar-refractivity contribution is 5.84. The fourth-order valence-electron chi connectivity index (χ4n) is 1.38. The van der Waals surface area contributed by atoms with Gasteiger partial charge in [0.2, 0.25) is 0 Å². The summed E-state index contributed by atoms with van der Waals surface area (Å²) < 4.78 is 0. The molecule has 3 nitrogen and oxygen atoms in total. The summed E-state index contributed by atoms with van der Waals surface area (Å²) in [6.07, 6.45) is 3.69. The van der Waals surface area contributed by atoms with Crippen molar-refractivity contribution in [1.82, 2.24) is 4.90 Å². The average molecular weight is 197 g/mol. The summed E-state index contributed by atoms with van der Waals surface area (Å²) in [6, 6.07) is 0.646. The number of hydrogen-bond donors (Lipinski definition) is 1. The van der Waals surface area contributed by atoms with E-state index in [9.17, 15) is 0 Å². The van der Waals surface area contributed by atoms with E-state index in [1.165, 1.54) is 19.3 Å². The van der Waals surface area contributed by atoms with Crippen molar-refractivity contribution >= 4 is 5.84 Å². The van der Waals surface area contributed by atoms with Gasteiger partial charge in [-0.3, -0.25) is 4.99 Å².